The predicted molar refractivity (Wildman–Crippen MR) is 90.7 cm³/mol. The summed E-state index contributed by atoms with van der Waals surface area (Å²) in [5.74, 6) is -0.704. The lowest BCUT2D eigenvalue weighted by atomic mass is 9.59. The number of benzene rings is 1. The Hall–Kier alpha value is -2.45. The minimum absolute atomic E-state index is 0.0436. The third kappa shape index (κ3) is 3.68. The van der Waals surface area contributed by atoms with E-state index in [1.165, 1.54) is 18.1 Å². The molecule has 1 aliphatic carbocycles. The van der Waals surface area contributed by atoms with Crippen LogP contribution in [0.2, 0.25) is 0 Å². The van der Waals surface area contributed by atoms with Crippen LogP contribution >= 0.6 is 0 Å². The van der Waals surface area contributed by atoms with E-state index in [4.69, 9.17) is 5.11 Å². The van der Waals surface area contributed by atoms with Gasteiger partial charge in [-0.05, 0) is 49.3 Å². The van der Waals surface area contributed by atoms with Crippen molar-refractivity contribution in [1.29, 1.82) is 0 Å². The summed E-state index contributed by atoms with van der Waals surface area (Å²) in [6, 6.07) is 2.96. The third-order valence-electron chi connectivity index (χ3n) is 5.78. The summed E-state index contributed by atoms with van der Waals surface area (Å²) in [5.41, 5.74) is -1.15. The number of carboxylic acid groups (broad SMARTS) is 1. The molecule has 3 rings (SSSR count). The molecular formula is C18H21F3N2O4. The van der Waals surface area contributed by atoms with Crippen molar-refractivity contribution in [2.45, 2.75) is 37.9 Å². The van der Waals surface area contributed by atoms with Gasteiger partial charge in [-0.15, -0.1) is 0 Å². The molecule has 0 bridgehead atoms. The smallest absolute Gasteiger partial charge is 0.418 e. The zero-order valence-corrected chi connectivity index (χ0v) is 14.8. The lowest BCUT2D eigenvalue weighted by Gasteiger charge is -2.54. The Labute approximate surface area is 154 Å². The topological polar surface area (TPSA) is 78.9 Å². The molecule has 1 aromatic carbocycles. The quantitative estimate of drug-likeness (QED) is 0.772. The number of likely N-dealkylation sites (tertiary alicyclic amines) is 1. The molecule has 0 unspecified atom stereocenters. The van der Waals surface area contributed by atoms with Crippen molar-refractivity contribution in [3.63, 3.8) is 0 Å². The van der Waals surface area contributed by atoms with E-state index >= 15 is 0 Å². The van der Waals surface area contributed by atoms with Gasteiger partial charge in [-0.25, -0.2) is 9.59 Å². The SMILES string of the molecule is COC(=O)c1ccc(C(F)(F)F)c(N[C@@H]2CCC23CCN(C(=O)O)CC3)c1. The number of ether oxygens (including phenoxy) is 1. The summed E-state index contributed by atoms with van der Waals surface area (Å²) in [6.45, 7) is 0.754. The first-order valence-corrected chi connectivity index (χ1v) is 8.70. The minimum Gasteiger partial charge on any atom is -0.465 e. The van der Waals surface area contributed by atoms with Gasteiger partial charge in [0.05, 0.1) is 18.2 Å². The van der Waals surface area contributed by atoms with Gasteiger partial charge in [-0.1, -0.05) is 0 Å². The average molecular weight is 386 g/mol. The van der Waals surface area contributed by atoms with Crippen LogP contribution in [0.1, 0.15) is 41.6 Å². The molecule has 1 aromatic rings. The predicted octanol–water partition coefficient (Wildman–Crippen LogP) is 3.83. The van der Waals surface area contributed by atoms with Gasteiger partial charge in [0.15, 0.2) is 0 Å². The molecule has 27 heavy (non-hydrogen) atoms. The molecule has 1 saturated carbocycles. The van der Waals surface area contributed by atoms with E-state index in [0.29, 0.717) is 32.4 Å². The highest BCUT2D eigenvalue weighted by Gasteiger charge is 2.49. The number of alkyl halides is 3. The summed E-state index contributed by atoms with van der Waals surface area (Å²) in [5, 5.41) is 12.1. The molecule has 1 saturated heterocycles. The summed E-state index contributed by atoms with van der Waals surface area (Å²) < 4.78 is 44.7. The number of nitrogens with one attached hydrogen (secondary N) is 1. The molecule has 148 valence electrons. The Morgan fingerprint density at radius 3 is 2.41 bits per heavy atom. The van der Waals surface area contributed by atoms with Gasteiger partial charge in [0.1, 0.15) is 0 Å². The van der Waals surface area contributed by atoms with Gasteiger partial charge in [0.25, 0.3) is 0 Å². The average Bonchev–Trinajstić information content (AvgIpc) is 2.63. The Balaban J connectivity index is 1.82. The van der Waals surface area contributed by atoms with Crippen molar-refractivity contribution in [2.24, 2.45) is 5.41 Å². The van der Waals surface area contributed by atoms with Gasteiger partial charge in [0, 0.05) is 24.8 Å². The van der Waals surface area contributed by atoms with Crippen LogP contribution in [-0.4, -0.2) is 48.3 Å². The summed E-state index contributed by atoms with van der Waals surface area (Å²) in [4.78, 5) is 24.1. The number of carbonyl (C=O) groups is 2. The molecule has 1 heterocycles. The maximum atomic E-state index is 13.4. The van der Waals surface area contributed by atoms with Crippen molar-refractivity contribution in [3.05, 3.63) is 29.3 Å². The monoisotopic (exact) mass is 386 g/mol. The Kier molecular flexibility index (Phi) is 4.96. The number of rotatable bonds is 3. The van der Waals surface area contributed by atoms with Crippen LogP contribution in [0, 0.1) is 5.41 Å². The van der Waals surface area contributed by atoms with Gasteiger partial charge in [-0.2, -0.15) is 13.2 Å². The molecule has 0 aromatic heterocycles. The van der Waals surface area contributed by atoms with E-state index in [-0.39, 0.29) is 22.7 Å². The van der Waals surface area contributed by atoms with E-state index in [9.17, 15) is 22.8 Å². The zero-order chi connectivity index (χ0) is 19.8. The lowest BCUT2D eigenvalue weighted by molar-refractivity contribution is -0.137. The molecule has 1 atom stereocenters. The molecule has 6 nitrogen and oxygen atoms in total. The Bertz CT molecular complexity index is 743. The fourth-order valence-corrected chi connectivity index (χ4v) is 4.01. The highest BCUT2D eigenvalue weighted by molar-refractivity contribution is 5.90. The van der Waals surface area contributed by atoms with Crippen LogP contribution in [0.15, 0.2) is 18.2 Å². The standard InChI is InChI=1S/C18H21F3N2O4/c1-27-15(24)11-2-3-12(18(19,20)21)13(10-11)22-14-4-5-17(14)6-8-23(9-7-17)16(25)26/h2-3,10,14,22H,4-9H2,1H3,(H,25,26)/t14-/m1/s1. The van der Waals surface area contributed by atoms with Crippen LogP contribution in [0.5, 0.6) is 0 Å². The zero-order valence-electron chi connectivity index (χ0n) is 14.8. The first-order valence-electron chi connectivity index (χ1n) is 8.70. The Morgan fingerprint density at radius 2 is 1.93 bits per heavy atom. The number of esters is 1. The van der Waals surface area contributed by atoms with E-state index in [2.05, 4.69) is 10.1 Å². The van der Waals surface area contributed by atoms with E-state index in [0.717, 1.165) is 18.6 Å². The van der Waals surface area contributed by atoms with Crippen LogP contribution in [-0.2, 0) is 10.9 Å². The van der Waals surface area contributed by atoms with Crippen LogP contribution in [0.3, 0.4) is 0 Å². The number of nitrogens with zero attached hydrogens (tertiary/aromatic N) is 1. The molecule has 1 spiro atoms. The third-order valence-corrected chi connectivity index (χ3v) is 5.78. The fourth-order valence-electron chi connectivity index (χ4n) is 4.01. The lowest BCUT2D eigenvalue weighted by Crippen LogP contribution is -2.56. The van der Waals surface area contributed by atoms with E-state index in [1.807, 2.05) is 0 Å². The molecule has 9 heteroatoms. The molecule has 0 radical (unpaired) electrons. The number of hydrogen-bond acceptors (Lipinski definition) is 4. The van der Waals surface area contributed by atoms with Crippen molar-refractivity contribution < 1.29 is 32.6 Å². The molecule has 1 aliphatic heterocycles. The second kappa shape index (κ2) is 6.94. The number of methoxy groups -OCH3 is 1. The number of carbonyl (C=O) groups excluding carboxylic acids is 1. The second-order valence-electron chi connectivity index (χ2n) is 7.12. The van der Waals surface area contributed by atoms with Gasteiger partial charge < -0.3 is 20.1 Å². The first kappa shape index (κ1) is 19.3. The van der Waals surface area contributed by atoms with Crippen molar-refractivity contribution in [3.8, 4) is 0 Å². The molecule has 2 aliphatic rings. The van der Waals surface area contributed by atoms with Crippen LogP contribution in [0.4, 0.5) is 23.7 Å². The van der Waals surface area contributed by atoms with Crippen molar-refractivity contribution in [1.82, 2.24) is 4.90 Å². The van der Waals surface area contributed by atoms with Crippen molar-refractivity contribution in [2.75, 3.05) is 25.5 Å². The summed E-state index contributed by atoms with van der Waals surface area (Å²) in [6.07, 6.45) is -2.77. The highest BCUT2D eigenvalue weighted by Crippen LogP contribution is 2.51. The van der Waals surface area contributed by atoms with Gasteiger partial charge in [-0.3, -0.25) is 0 Å². The number of halogens is 3. The molecular weight excluding hydrogens is 365 g/mol. The fraction of sp³-hybridized carbons (Fsp3) is 0.556. The van der Waals surface area contributed by atoms with Gasteiger partial charge >= 0.3 is 18.2 Å². The maximum absolute atomic E-state index is 13.4. The molecule has 2 N–H and O–H groups in total. The Morgan fingerprint density at radius 1 is 1.26 bits per heavy atom. The summed E-state index contributed by atoms with van der Waals surface area (Å²) in [7, 11) is 1.17. The van der Waals surface area contributed by atoms with Crippen LogP contribution in [0.25, 0.3) is 0 Å². The number of piperidine rings is 1. The summed E-state index contributed by atoms with van der Waals surface area (Å²) >= 11 is 0. The number of anilines is 1. The van der Waals surface area contributed by atoms with Crippen molar-refractivity contribution >= 4 is 17.7 Å². The van der Waals surface area contributed by atoms with E-state index in [1.54, 1.807) is 0 Å². The van der Waals surface area contributed by atoms with Crippen LogP contribution < -0.4 is 5.32 Å². The molecule has 2 fully saturated rings. The van der Waals surface area contributed by atoms with E-state index < -0.39 is 23.8 Å². The molecule has 1 amide bonds. The highest BCUT2D eigenvalue weighted by atomic mass is 19.4. The largest absolute Gasteiger partial charge is 0.465 e. The second-order valence-corrected chi connectivity index (χ2v) is 7.12. The number of amides is 1. The van der Waals surface area contributed by atoms with Gasteiger partial charge in [0.2, 0.25) is 0 Å². The minimum atomic E-state index is -4.55. The normalized spacial score (nSPS) is 21.5. The first-order chi connectivity index (χ1) is 12.7. The maximum Gasteiger partial charge on any atom is 0.418 e. The number of hydrogen-bond donors (Lipinski definition) is 2.